The van der Waals surface area contributed by atoms with Crippen molar-refractivity contribution in [1.29, 1.82) is 0 Å². The molecular formula is C16H14ClF6N3O2. The van der Waals surface area contributed by atoms with E-state index in [9.17, 15) is 31.1 Å². The maximum atomic E-state index is 13.6. The summed E-state index contributed by atoms with van der Waals surface area (Å²) in [4.78, 5) is 11.2. The number of hydrogen-bond donors (Lipinski definition) is 2. The smallest absolute Gasteiger partial charge is 0.417 e. The van der Waals surface area contributed by atoms with Crippen molar-refractivity contribution in [2.24, 2.45) is 0 Å². The lowest BCUT2D eigenvalue weighted by Gasteiger charge is -2.20. The molecule has 0 aliphatic heterocycles. The minimum atomic E-state index is -4.94. The molecule has 28 heavy (non-hydrogen) atoms. The molecule has 0 aliphatic rings. The molecule has 154 valence electrons. The molecule has 1 atom stereocenters. The third kappa shape index (κ3) is 4.34. The van der Waals surface area contributed by atoms with E-state index in [1.54, 1.807) is 0 Å². The van der Waals surface area contributed by atoms with E-state index < -0.39 is 51.9 Å². The Bertz CT molecular complexity index is 892. The van der Waals surface area contributed by atoms with Gasteiger partial charge in [0, 0.05) is 17.8 Å². The van der Waals surface area contributed by atoms with Gasteiger partial charge in [-0.3, -0.25) is 4.68 Å². The highest BCUT2D eigenvalue weighted by Gasteiger charge is 2.38. The lowest BCUT2D eigenvalue weighted by Crippen LogP contribution is -2.33. The van der Waals surface area contributed by atoms with Crippen molar-refractivity contribution in [1.82, 2.24) is 9.78 Å². The van der Waals surface area contributed by atoms with Crippen molar-refractivity contribution < 1.29 is 36.2 Å². The molecule has 0 fully saturated rings. The number of carboxylic acid groups (broad SMARTS) is 1. The number of carbonyl (C=O) groups is 1. The molecule has 0 radical (unpaired) electrons. The summed E-state index contributed by atoms with van der Waals surface area (Å²) >= 11 is 5.95. The number of benzene rings is 1. The van der Waals surface area contributed by atoms with Crippen LogP contribution in [0.2, 0.25) is 5.02 Å². The van der Waals surface area contributed by atoms with Crippen LogP contribution in [0.15, 0.2) is 18.2 Å². The van der Waals surface area contributed by atoms with Gasteiger partial charge >= 0.3 is 18.3 Å². The van der Waals surface area contributed by atoms with Crippen LogP contribution in [0.3, 0.4) is 0 Å². The van der Waals surface area contributed by atoms with Gasteiger partial charge in [0.25, 0.3) is 0 Å². The molecule has 0 aliphatic carbocycles. The quantitative estimate of drug-likeness (QED) is 0.633. The van der Waals surface area contributed by atoms with E-state index in [2.05, 4.69) is 5.10 Å². The summed E-state index contributed by atoms with van der Waals surface area (Å²) in [6.07, 6.45) is -9.60. The number of aromatic nitrogens is 2. The minimum absolute atomic E-state index is 0.0186. The summed E-state index contributed by atoms with van der Waals surface area (Å²) in [6.45, 7) is 2.31. The van der Waals surface area contributed by atoms with E-state index in [1.165, 1.54) is 6.92 Å². The van der Waals surface area contributed by atoms with Gasteiger partial charge in [0.15, 0.2) is 5.69 Å². The zero-order chi connectivity index (χ0) is 21.4. The van der Waals surface area contributed by atoms with Crippen molar-refractivity contribution in [3.63, 3.8) is 0 Å². The Morgan fingerprint density at radius 2 is 1.89 bits per heavy atom. The second-order valence-electron chi connectivity index (χ2n) is 5.80. The van der Waals surface area contributed by atoms with E-state index in [1.807, 2.05) is 5.32 Å². The van der Waals surface area contributed by atoms with Crippen LogP contribution in [0.4, 0.5) is 32.0 Å². The van der Waals surface area contributed by atoms with Crippen molar-refractivity contribution in [2.75, 3.05) is 5.32 Å². The first-order valence-electron chi connectivity index (χ1n) is 7.81. The number of aromatic carboxylic acids is 1. The summed E-state index contributed by atoms with van der Waals surface area (Å²) < 4.78 is 79.7. The van der Waals surface area contributed by atoms with E-state index in [4.69, 9.17) is 16.7 Å². The monoisotopic (exact) mass is 429 g/mol. The summed E-state index contributed by atoms with van der Waals surface area (Å²) in [5, 5.41) is 14.2. The molecule has 0 spiro atoms. The molecule has 2 N–H and O–H groups in total. The Morgan fingerprint density at radius 3 is 2.36 bits per heavy atom. The Hall–Kier alpha value is -2.43. The number of nitrogens with one attached hydrogen (secondary N) is 1. The van der Waals surface area contributed by atoms with Gasteiger partial charge in [-0.2, -0.15) is 31.4 Å². The molecule has 12 heteroatoms. The molecule has 1 aromatic carbocycles. The normalized spacial score (nSPS) is 13.5. The first-order chi connectivity index (χ1) is 12.8. The van der Waals surface area contributed by atoms with Gasteiger partial charge in [0.1, 0.15) is 11.1 Å². The Balaban J connectivity index is 2.65. The second kappa shape index (κ2) is 7.53. The molecule has 0 bridgehead atoms. The van der Waals surface area contributed by atoms with E-state index >= 15 is 0 Å². The third-order valence-electron chi connectivity index (χ3n) is 3.85. The predicted molar refractivity (Wildman–Crippen MR) is 89.4 cm³/mol. The summed E-state index contributed by atoms with van der Waals surface area (Å²) in [7, 11) is 0. The fourth-order valence-electron chi connectivity index (χ4n) is 2.47. The Labute approximate surface area is 159 Å². The average molecular weight is 430 g/mol. The Morgan fingerprint density at radius 1 is 1.29 bits per heavy atom. The molecule has 0 saturated carbocycles. The van der Waals surface area contributed by atoms with E-state index in [-0.39, 0.29) is 12.2 Å². The van der Waals surface area contributed by atoms with Gasteiger partial charge in [-0.15, -0.1) is 0 Å². The SMILES string of the molecule is CCn1nc(C(=O)O)c(Cl)c1-c1ccc(N[C@H](C)C(F)(F)F)cc1C(F)(F)F. The number of carboxylic acids is 1. The van der Waals surface area contributed by atoms with Crippen LogP contribution in [0, 0.1) is 0 Å². The van der Waals surface area contributed by atoms with Crippen molar-refractivity contribution in [2.45, 2.75) is 38.8 Å². The molecule has 0 unspecified atom stereocenters. The average Bonchev–Trinajstić information content (AvgIpc) is 2.90. The minimum Gasteiger partial charge on any atom is -0.476 e. The summed E-state index contributed by atoms with van der Waals surface area (Å²) in [6, 6.07) is 0.384. The molecular weight excluding hydrogens is 416 g/mol. The zero-order valence-electron chi connectivity index (χ0n) is 14.4. The molecule has 0 saturated heterocycles. The van der Waals surface area contributed by atoms with Crippen LogP contribution in [0.5, 0.6) is 0 Å². The van der Waals surface area contributed by atoms with Gasteiger partial charge in [0.05, 0.1) is 11.3 Å². The van der Waals surface area contributed by atoms with E-state index in [0.29, 0.717) is 6.07 Å². The molecule has 0 amide bonds. The van der Waals surface area contributed by atoms with Crippen LogP contribution in [-0.4, -0.2) is 33.1 Å². The van der Waals surface area contributed by atoms with Gasteiger partial charge in [-0.25, -0.2) is 4.79 Å². The first kappa shape index (κ1) is 21.9. The van der Waals surface area contributed by atoms with Crippen molar-refractivity contribution in [3.8, 4) is 11.3 Å². The lowest BCUT2D eigenvalue weighted by molar-refractivity contribution is -0.138. The number of rotatable bonds is 5. The maximum Gasteiger partial charge on any atom is 0.417 e. The first-order valence-corrected chi connectivity index (χ1v) is 8.19. The van der Waals surface area contributed by atoms with Crippen molar-refractivity contribution in [3.05, 3.63) is 34.5 Å². The molecule has 5 nitrogen and oxygen atoms in total. The fourth-order valence-corrected chi connectivity index (χ4v) is 2.79. The number of aryl methyl sites for hydroxylation is 1. The van der Waals surface area contributed by atoms with Crippen LogP contribution in [0.25, 0.3) is 11.3 Å². The molecule has 2 aromatic rings. The number of anilines is 1. The lowest BCUT2D eigenvalue weighted by atomic mass is 10.0. The second-order valence-corrected chi connectivity index (χ2v) is 6.18. The highest BCUT2D eigenvalue weighted by atomic mass is 35.5. The van der Waals surface area contributed by atoms with E-state index in [0.717, 1.165) is 23.7 Å². The largest absolute Gasteiger partial charge is 0.476 e. The number of hydrogen-bond acceptors (Lipinski definition) is 3. The van der Waals surface area contributed by atoms with Gasteiger partial charge in [0.2, 0.25) is 0 Å². The van der Waals surface area contributed by atoms with Crippen molar-refractivity contribution >= 4 is 23.3 Å². The highest BCUT2D eigenvalue weighted by molar-refractivity contribution is 6.35. The third-order valence-corrected chi connectivity index (χ3v) is 4.21. The van der Waals surface area contributed by atoms with Gasteiger partial charge < -0.3 is 10.4 Å². The molecule has 2 rings (SSSR count). The molecule has 1 aromatic heterocycles. The standard InChI is InChI=1S/C16H14ClF6N3O2/c1-3-26-13(11(17)12(25-26)14(27)28)9-5-4-8(6-10(9)16(21,22)23)24-7(2)15(18,19)20/h4-7,24H,3H2,1-2H3,(H,27,28)/t7-/m1/s1. The predicted octanol–water partition coefficient (Wildman–Crippen LogP) is 5.30. The fraction of sp³-hybridized carbons (Fsp3) is 0.375. The van der Waals surface area contributed by atoms with Crippen LogP contribution >= 0.6 is 11.6 Å². The maximum absolute atomic E-state index is 13.6. The summed E-state index contributed by atoms with van der Waals surface area (Å²) in [5.74, 6) is -1.52. The van der Waals surface area contributed by atoms with Crippen LogP contribution in [0.1, 0.15) is 29.9 Å². The highest BCUT2D eigenvalue weighted by Crippen LogP contribution is 2.42. The molecule has 1 heterocycles. The number of alkyl halides is 6. The van der Waals surface area contributed by atoms with Crippen LogP contribution < -0.4 is 5.32 Å². The number of halogens is 7. The Kier molecular flexibility index (Phi) is 5.88. The van der Waals surface area contributed by atoms with Gasteiger partial charge in [-0.05, 0) is 26.0 Å². The number of nitrogens with zero attached hydrogens (tertiary/aromatic N) is 2. The topological polar surface area (TPSA) is 67.2 Å². The van der Waals surface area contributed by atoms with Crippen LogP contribution in [-0.2, 0) is 12.7 Å². The van der Waals surface area contributed by atoms with Gasteiger partial charge in [-0.1, -0.05) is 17.7 Å². The zero-order valence-corrected chi connectivity index (χ0v) is 15.2. The summed E-state index contributed by atoms with van der Waals surface area (Å²) in [5.41, 5.74) is -3.09.